The number of rotatable bonds is 7. The first-order valence-corrected chi connectivity index (χ1v) is 18.0. The standard InChI is InChI=1S/C42H46N2O9.2ClH/c1-25(45)51-41-38(50-6)23-29-13-16-43(2)32-19-27-9-12-34(48-4)36(21-27)52-30-10-7-26(8-11-30)20-33-31-24-37(53-42(41)40(29)32)35(49-5)22-28(31)14-17-44(33,3)18-15-39(46)47;;/h7-12,21-24,32-33H,13-20H2,1-6H3;2*1H. The summed E-state index contributed by atoms with van der Waals surface area (Å²) in [6.07, 6.45) is 2.59. The molecule has 4 aliphatic rings. The fourth-order valence-electron chi connectivity index (χ4n) is 8.18. The van der Waals surface area contributed by atoms with Gasteiger partial charge in [-0.25, -0.2) is 0 Å². The molecule has 0 spiro atoms. The summed E-state index contributed by atoms with van der Waals surface area (Å²) in [5.41, 5.74) is 6.13. The second-order valence-electron chi connectivity index (χ2n) is 14.4. The number of carbonyl (C=O) groups excluding carboxylic acids is 2. The summed E-state index contributed by atoms with van der Waals surface area (Å²) < 4.78 is 37.4. The van der Waals surface area contributed by atoms with Crippen LogP contribution in [-0.4, -0.2) is 76.4 Å². The molecule has 4 heterocycles. The number of carboxylic acid groups (broad SMARTS) is 1. The Kier molecular flexibility index (Phi) is 12.8. The van der Waals surface area contributed by atoms with E-state index in [1.54, 1.807) is 21.3 Å². The Bertz CT molecular complexity index is 2060. The van der Waals surface area contributed by atoms with Gasteiger partial charge in [-0.15, -0.1) is 24.8 Å². The molecule has 11 nitrogen and oxygen atoms in total. The molecule has 55 heavy (non-hydrogen) atoms. The molecule has 0 aromatic heterocycles. The van der Waals surface area contributed by atoms with Crippen LogP contribution in [0, 0.1) is 0 Å². The monoisotopic (exact) mass is 794 g/mol. The lowest BCUT2D eigenvalue weighted by atomic mass is 9.86. The van der Waals surface area contributed by atoms with Gasteiger partial charge in [-0.05, 0) is 84.6 Å². The molecule has 8 rings (SSSR count). The molecule has 294 valence electrons. The topological polar surface area (TPSA) is 116 Å². The molecule has 3 unspecified atom stereocenters. The minimum atomic E-state index is -1.07. The van der Waals surface area contributed by atoms with Crippen molar-refractivity contribution in [2.75, 3.05) is 55.1 Å². The third kappa shape index (κ3) is 8.30. The van der Waals surface area contributed by atoms with Gasteiger partial charge in [-0.1, -0.05) is 18.2 Å². The first-order valence-electron chi connectivity index (χ1n) is 18.0. The highest BCUT2D eigenvalue weighted by atomic mass is 35.5. The molecule has 0 aliphatic carbocycles. The van der Waals surface area contributed by atoms with E-state index in [-0.39, 0.29) is 49.1 Å². The Morgan fingerprint density at radius 2 is 1.51 bits per heavy atom. The second kappa shape index (κ2) is 17.0. The first-order chi connectivity index (χ1) is 25.5. The summed E-state index contributed by atoms with van der Waals surface area (Å²) in [6, 6.07) is 19.7. The van der Waals surface area contributed by atoms with E-state index in [4.69, 9.17) is 28.4 Å². The van der Waals surface area contributed by atoms with Gasteiger partial charge >= 0.3 is 5.97 Å². The summed E-state index contributed by atoms with van der Waals surface area (Å²) in [5.74, 6) is 2.24. The molecule has 0 saturated carbocycles. The van der Waals surface area contributed by atoms with E-state index in [1.807, 2.05) is 48.5 Å². The van der Waals surface area contributed by atoms with Gasteiger partial charge in [-0.3, -0.25) is 9.69 Å². The van der Waals surface area contributed by atoms with Gasteiger partial charge in [0.2, 0.25) is 5.75 Å². The van der Waals surface area contributed by atoms with Crippen LogP contribution in [0.25, 0.3) is 0 Å². The normalized spacial score (nSPS) is 19.7. The van der Waals surface area contributed by atoms with Gasteiger partial charge < -0.3 is 42.8 Å². The zero-order chi connectivity index (χ0) is 37.4. The van der Waals surface area contributed by atoms with Gasteiger partial charge in [0.15, 0.2) is 34.5 Å². The number of likely N-dealkylation sites (N-methyl/N-ethyl adjacent to an activating group) is 2. The molecular weight excluding hydrogens is 747 g/mol. The van der Waals surface area contributed by atoms with Crippen LogP contribution in [0.5, 0.6) is 46.0 Å². The maximum Gasteiger partial charge on any atom is 0.308 e. The zero-order valence-electron chi connectivity index (χ0n) is 32.0. The van der Waals surface area contributed by atoms with Crippen molar-refractivity contribution in [3.63, 3.8) is 0 Å². The van der Waals surface area contributed by atoms with E-state index in [2.05, 4.69) is 31.1 Å². The number of halogens is 2. The molecule has 0 saturated heterocycles. The lowest BCUT2D eigenvalue weighted by Crippen LogP contribution is -2.53. The lowest BCUT2D eigenvalue weighted by molar-refractivity contribution is -0.941. The largest absolute Gasteiger partial charge is 0.550 e. The minimum Gasteiger partial charge on any atom is -0.550 e. The summed E-state index contributed by atoms with van der Waals surface area (Å²) in [7, 11) is 8.98. The van der Waals surface area contributed by atoms with Crippen molar-refractivity contribution in [2.24, 2.45) is 0 Å². The van der Waals surface area contributed by atoms with Crippen LogP contribution < -0.4 is 33.5 Å². The van der Waals surface area contributed by atoms with E-state index >= 15 is 0 Å². The number of ether oxygens (including phenoxy) is 6. The highest BCUT2D eigenvalue weighted by molar-refractivity contribution is 5.85. The van der Waals surface area contributed by atoms with E-state index in [0.29, 0.717) is 64.1 Å². The van der Waals surface area contributed by atoms with Crippen LogP contribution in [0.1, 0.15) is 58.8 Å². The number of aliphatic carboxylic acids is 1. The van der Waals surface area contributed by atoms with E-state index in [1.165, 1.54) is 6.92 Å². The number of hydrogen-bond acceptors (Lipinski definition) is 10. The molecule has 0 fully saturated rings. The van der Waals surface area contributed by atoms with Crippen LogP contribution in [0.3, 0.4) is 0 Å². The Hall–Kier alpha value is -4.68. The molecule has 0 amide bonds. The summed E-state index contributed by atoms with van der Waals surface area (Å²) in [6.45, 7) is 3.28. The van der Waals surface area contributed by atoms with Gasteiger partial charge in [0.25, 0.3) is 0 Å². The Balaban J connectivity index is 0.00000290. The fourth-order valence-corrected chi connectivity index (χ4v) is 8.18. The lowest BCUT2D eigenvalue weighted by Gasteiger charge is -2.46. The van der Waals surface area contributed by atoms with Crippen LogP contribution >= 0.6 is 24.8 Å². The number of carbonyl (C=O) groups is 2. The molecule has 3 atom stereocenters. The third-order valence-corrected chi connectivity index (χ3v) is 11.1. The molecule has 6 bridgehead atoms. The van der Waals surface area contributed by atoms with Crippen molar-refractivity contribution in [1.82, 2.24) is 4.90 Å². The Morgan fingerprint density at radius 1 is 0.836 bits per heavy atom. The van der Waals surface area contributed by atoms with Gasteiger partial charge in [-0.2, -0.15) is 0 Å². The van der Waals surface area contributed by atoms with Crippen molar-refractivity contribution in [3.05, 3.63) is 94.0 Å². The van der Waals surface area contributed by atoms with Crippen molar-refractivity contribution < 1.29 is 47.6 Å². The molecule has 4 aromatic rings. The third-order valence-electron chi connectivity index (χ3n) is 11.1. The van der Waals surface area contributed by atoms with Crippen molar-refractivity contribution >= 4 is 36.8 Å². The van der Waals surface area contributed by atoms with Crippen molar-refractivity contribution in [1.29, 1.82) is 0 Å². The molecular formula is C42H48Cl2N2O9. The number of fused-ring (bicyclic) bond motifs is 2. The van der Waals surface area contributed by atoms with Gasteiger partial charge in [0, 0.05) is 55.9 Å². The van der Waals surface area contributed by atoms with Gasteiger partial charge in [0.1, 0.15) is 11.8 Å². The van der Waals surface area contributed by atoms with E-state index in [9.17, 15) is 14.7 Å². The number of esters is 1. The van der Waals surface area contributed by atoms with Crippen LogP contribution in [-0.2, 0) is 35.3 Å². The van der Waals surface area contributed by atoms with Crippen molar-refractivity contribution in [3.8, 4) is 46.0 Å². The number of nitrogens with zero attached hydrogens (tertiary/aromatic N) is 2. The SMILES string of the molecule is COc1ccc2cc1Oc1ccc(cc1)CC1c3cc(c(OC)cc3CC[N+]1(C)CCC(=O)[O-])Oc1c(OC(C)=O)c(OC)cc3c1C(C2)N(C)CC3.Cl.Cl. The fraction of sp³-hybridized carbons (Fsp3) is 0.381. The minimum absolute atomic E-state index is 0. The average molecular weight is 796 g/mol. The number of hydrogen-bond donors (Lipinski definition) is 0. The van der Waals surface area contributed by atoms with Gasteiger partial charge in [0.05, 0.1) is 41.5 Å². The molecule has 0 N–H and O–H groups in total. The summed E-state index contributed by atoms with van der Waals surface area (Å²) >= 11 is 0. The Morgan fingerprint density at radius 3 is 2.18 bits per heavy atom. The van der Waals surface area contributed by atoms with Crippen LogP contribution in [0.4, 0.5) is 0 Å². The number of methoxy groups -OCH3 is 3. The van der Waals surface area contributed by atoms with E-state index < -0.39 is 11.9 Å². The van der Waals surface area contributed by atoms with Crippen molar-refractivity contribution in [2.45, 2.75) is 51.1 Å². The predicted octanol–water partition coefficient (Wildman–Crippen LogP) is 6.58. The Labute approximate surface area is 334 Å². The van der Waals surface area contributed by atoms with Crippen LogP contribution in [0.15, 0.2) is 60.7 Å². The first kappa shape index (κ1) is 41.5. The highest BCUT2D eigenvalue weighted by Crippen LogP contribution is 2.52. The second-order valence-corrected chi connectivity index (χ2v) is 14.4. The summed E-state index contributed by atoms with van der Waals surface area (Å²) in [5, 5.41) is 11.8. The van der Waals surface area contributed by atoms with E-state index in [0.717, 1.165) is 59.3 Å². The highest BCUT2D eigenvalue weighted by Gasteiger charge is 2.41. The number of carboxylic acids is 1. The van der Waals surface area contributed by atoms with Crippen LogP contribution in [0.2, 0.25) is 0 Å². The number of quaternary nitrogens is 1. The average Bonchev–Trinajstić information content (AvgIpc) is 3.14. The predicted molar refractivity (Wildman–Crippen MR) is 210 cm³/mol. The smallest absolute Gasteiger partial charge is 0.308 e. The maximum atomic E-state index is 12.7. The number of benzene rings is 4. The molecule has 13 heteroatoms. The molecule has 4 aromatic carbocycles. The molecule has 4 aliphatic heterocycles. The summed E-state index contributed by atoms with van der Waals surface area (Å²) in [4.78, 5) is 26.7. The molecule has 0 radical (unpaired) electrons. The zero-order valence-corrected chi connectivity index (χ0v) is 33.6. The maximum absolute atomic E-state index is 12.7. The quantitative estimate of drug-likeness (QED) is 0.116.